The summed E-state index contributed by atoms with van der Waals surface area (Å²) in [6.45, 7) is 0.469. The predicted molar refractivity (Wildman–Crippen MR) is 71.6 cm³/mol. The van der Waals surface area contributed by atoms with E-state index >= 15 is 0 Å². The van der Waals surface area contributed by atoms with Crippen molar-refractivity contribution < 1.29 is 13.9 Å². The summed E-state index contributed by atoms with van der Waals surface area (Å²) >= 11 is 0. The van der Waals surface area contributed by atoms with Crippen molar-refractivity contribution in [3.8, 4) is 11.5 Å². The van der Waals surface area contributed by atoms with Gasteiger partial charge in [0.2, 0.25) is 0 Å². The van der Waals surface area contributed by atoms with Crippen LogP contribution in [0.15, 0.2) is 42.5 Å². The van der Waals surface area contributed by atoms with Gasteiger partial charge in [0, 0.05) is 17.7 Å². The molecule has 2 N–H and O–H groups in total. The van der Waals surface area contributed by atoms with Crippen molar-refractivity contribution in [2.75, 3.05) is 7.11 Å². The molecule has 0 bridgehead atoms. The molecular weight excluding hydrogens is 245 g/mol. The molecule has 0 spiro atoms. The van der Waals surface area contributed by atoms with Crippen LogP contribution in [-0.2, 0) is 13.2 Å². The van der Waals surface area contributed by atoms with Gasteiger partial charge >= 0.3 is 0 Å². The van der Waals surface area contributed by atoms with Crippen LogP contribution in [0.3, 0.4) is 0 Å². The molecule has 0 aliphatic rings. The zero-order chi connectivity index (χ0) is 13.7. The van der Waals surface area contributed by atoms with E-state index in [4.69, 9.17) is 15.2 Å². The number of hydrogen-bond acceptors (Lipinski definition) is 3. The van der Waals surface area contributed by atoms with Gasteiger partial charge in [-0.3, -0.25) is 0 Å². The van der Waals surface area contributed by atoms with Crippen LogP contribution in [0.1, 0.15) is 11.1 Å². The van der Waals surface area contributed by atoms with E-state index in [0.717, 1.165) is 5.56 Å². The fraction of sp³-hybridized carbons (Fsp3) is 0.200. The highest BCUT2D eigenvalue weighted by Gasteiger charge is 2.10. The maximum Gasteiger partial charge on any atom is 0.165 e. The Morgan fingerprint density at radius 2 is 1.79 bits per heavy atom. The molecule has 0 aromatic heterocycles. The van der Waals surface area contributed by atoms with Crippen LogP contribution < -0.4 is 15.2 Å². The Kier molecular flexibility index (Phi) is 4.36. The highest BCUT2D eigenvalue weighted by atomic mass is 19.1. The average molecular weight is 261 g/mol. The van der Waals surface area contributed by atoms with E-state index < -0.39 is 5.82 Å². The van der Waals surface area contributed by atoms with Crippen molar-refractivity contribution in [3.05, 3.63) is 59.4 Å². The summed E-state index contributed by atoms with van der Waals surface area (Å²) in [7, 11) is 1.59. The van der Waals surface area contributed by atoms with Crippen LogP contribution in [0.2, 0.25) is 0 Å². The molecule has 0 saturated carbocycles. The summed E-state index contributed by atoms with van der Waals surface area (Å²) in [5.41, 5.74) is 7.08. The first kappa shape index (κ1) is 13.4. The molecule has 100 valence electrons. The van der Waals surface area contributed by atoms with E-state index in [0.29, 0.717) is 11.3 Å². The highest BCUT2D eigenvalue weighted by molar-refractivity contribution is 5.37. The molecule has 0 aliphatic carbocycles. The highest BCUT2D eigenvalue weighted by Crippen LogP contribution is 2.25. The minimum absolute atomic E-state index is 0.205. The van der Waals surface area contributed by atoms with Gasteiger partial charge < -0.3 is 15.2 Å². The van der Waals surface area contributed by atoms with Crippen LogP contribution in [0, 0.1) is 5.82 Å². The van der Waals surface area contributed by atoms with Crippen LogP contribution in [0.5, 0.6) is 11.5 Å². The Morgan fingerprint density at radius 1 is 1.05 bits per heavy atom. The summed E-state index contributed by atoms with van der Waals surface area (Å²) in [6.07, 6.45) is 0. The van der Waals surface area contributed by atoms with Crippen LogP contribution >= 0.6 is 0 Å². The minimum atomic E-state index is -0.405. The van der Waals surface area contributed by atoms with Gasteiger partial charge in [-0.05, 0) is 12.1 Å². The first-order valence-corrected chi connectivity index (χ1v) is 5.98. The first-order valence-electron chi connectivity index (χ1n) is 5.98. The molecule has 0 saturated heterocycles. The number of nitrogens with two attached hydrogens (primary N) is 1. The lowest BCUT2D eigenvalue weighted by Gasteiger charge is -2.13. The molecule has 0 aliphatic heterocycles. The smallest absolute Gasteiger partial charge is 0.165 e. The molecule has 0 atom stereocenters. The Balaban J connectivity index is 2.19. The SMILES string of the molecule is COc1ccccc1COc1c(F)cccc1CN. The van der Waals surface area contributed by atoms with Gasteiger partial charge in [-0.15, -0.1) is 0 Å². The van der Waals surface area contributed by atoms with Crippen LogP contribution in [0.4, 0.5) is 4.39 Å². The van der Waals surface area contributed by atoms with Crippen LogP contribution in [-0.4, -0.2) is 7.11 Å². The third-order valence-electron chi connectivity index (χ3n) is 2.83. The third kappa shape index (κ3) is 3.03. The zero-order valence-corrected chi connectivity index (χ0v) is 10.7. The summed E-state index contributed by atoms with van der Waals surface area (Å²) in [4.78, 5) is 0. The molecule has 0 amide bonds. The van der Waals surface area contributed by atoms with Crippen molar-refractivity contribution in [2.24, 2.45) is 5.73 Å². The topological polar surface area (TPSA) is 44.5 Å². The molecular formula is C15H16FNO2. The molecule has 4 heteroatoms. The van der Waals surface area contributed by atoms with E-state index in [-0.39, 0.29) is 18.9 Å². The molecule has 19 heavy (non-hydrogen) atoms. The van der Waals surface area contributed by atoms with Gasteiger partial charge in [-0.2, -0.15) is 0 Å². The molecule has 2 rings (SSSR count). The predicted octanol–water partition coefficient (Wildman–Crippen LogP) is 2.87. The van der Waals surface area contributed by atoms with E-state index in [9.17, 15) is 4.39 Å². The number of halogens is 1. The molecule has 2 aromatic carbocycles. The lowest BCUT2D eigenvalue weighted by atomic mass is 10.2. The molecule has 0 fully saturated rings. The summed E-state index contributed by atoms with van der Waals surface area (Å²) in [6, 6.07) is 12.2. The lowest BCUT2D eigenvalue weighted by molar-refractivity contribution is 0.279. The van der Waals surface area contributed by atoms with Gasteiger partial charge in [-0.25, -0.2) is 4.39 Å². The molecule has 0 radical (unpaired) electrons. The molecule has 0 unspecified atom stereocenters. The monoisotopic (exact) mass is 261 g/mol. The second kappa shape index (κ2) is 6.20. The summed E-state index contributed by atoms with van der Waals surface area (Å²) < 4.78 is 24.5. The number of benzene rings is 2. The summed E-state index contributed by atoms with van der Waals surface area (Å²) in [5, 5.41) is 0. The van der Waals surface area contributed by atoms with Crippen molar-refractivity contribution in [1.82, 2.24) is 0 Å². The van der Waals surface area contributed by atoms with Gasteiger partial charge in [0.25, 0.3) is 0 Å². The lowest BCUT2D eigenvalue weighted by Crippen LogP contribution is -2.05. The van der Waals surface area contributed by atoms with Gasteiger partial charge in [0.15, 0.2) is 11.6 Å². The largest absolute Gasteiger partial charge is 0.496 e. The quantitative estimate of drug-likeness (QED) is 0.900. The maximum atomic E-state index is 13.7. The first-order chi connectivity index (χ1) is 9.26. The third-order valence-corrected chi connectivity index (χ3v) is 2.83. The number of para-hydroxylation sites is 2. The number of rotatable bonds is 5. The van der Waals surface area contributed by atoms with Crippen molar-refractivity contribution >= 4 is 0 Å². The standard InChI is InChI=1S/C15H16FNO2/c1-18-14-8-3-2-5-12(14)10-19-15-11(9-17)6-4-7-13(15)16/h2-8H,9-10,17H2,1H3. The van der Waals surface area contributed by atoms with Crippen LogP contribution in [0.25, 0.3) is 0 Å². The molecule has 2 aromatic rings. The second-order valence-electron chi connectivity index (χ2n) is 4.03. The average Bonchev–Trinajstić information content (AvgIpc) is 2.46. The Bertz CT molecular complexity index is 558. The summed E-state index contributed by atoms with van der Waals surface area (Å²) in [5.74, 6) is 0.516. The Hall–Kier alpha value is -2.07. The Labute approximate surface area is 111 Å². The minimum Gasteiger partial charge on any atom is -0.496 e. The maximum absolute atomic E-state index is 13.7. The fourth-order valence-corrected chi connectivity index (χ4v) is 1.85. The fourth-order valence-electron chi connectivity index (χ4n) is 1.85. The normalized spacial score (nSPS) is 10.3. The molecule has 0 heterocycles. The zero-order valence-electron chi connectivity index (χ0n) is 10.7. The van der Waals surface area contributed by atoms with E-state index in [2.05, 4.69) is 0 Å². The van der Waals surface area contributed by atoms with Gasteiger partial charge in [0.1, 0.15) is 12.4 Å². The van der Waals surface area contributed by atoms with Crippen molar-refractivity contribution in [1.29, 1.82) is 0 Å². The van der Waals surface area contributed by atoms with Gasteiger partial charge in [0.05, 0.1) is 7.11 Å². The number of methoxy groups -OCH3 is 1. The van der Waals surface area contributed by atoms with Crippen molar-refractivity contribution in [3.63, 3.8) is 0 Å². The molecule has 3 nitrogen and oxygen atoms in total. The van der Waals surface area contributed by atoms with E-state index in [1.54, 1.807) is 19.2 Å². The second-order valence-corrected chi connectivity index (χ2v) is 4.03. The van der Waals surface area contributed by atoms with Gasteiger partial charge in [-0.1, -0.05) is 30.3 Å². The van der Waals surface area contributed by atoms with E-state index in [1.807, 2.05) is 24.3 Å². The van der Waals surface area contributed by atoms with Crippen molar-refractivity contribution in [2.45, 2.75) is 13.2 Å². The number of ether oxygens (including phenoxy) is 2. The Morgan fingerprint density at radius 3 is 2.53 bits per heavy atom. The number of hydrogen-bond donors (Lipinski definition) is 1. The van der Waals surface area contributed by atoms with E-state index in [1.165, 1.54) is 6.07 Å².